The average Bonchev–Trinajstić information content (AvgIpc) is 3.40. The molecule has 0 unspecified atom stereocenters. The maximum Gasteiger partial charge on any atom is 0.269 e. The highest BCUT2D eigenvalue weighted by atomic mass is 32.2. The largest absolute Gasteiger partial charge is 0.325 e. The number of carbonyl (C=O) groups excluding carboxylic acids is 1. The topological polar surface area (TPSA) is 107 Å². The van der Waals surface area contributed by atoms with Crippen molar-refractivity contribution in [3.05, 3.63) is 85.0 Å². The third-order valence-corrected chi connectivity index (χ3v) is 7.87. The summed E-state index contributed by atoms with van der Waals surface area (Å²) in [5.74, 6) is -0.253. The van der Waals surface area contributed by atoms with Gasteiger partial charge < -0.3 is 5.32 Å². The van der Waals surface area contributed by atoms with Gasteiger partial charge in [-0.25, -0.2) is 4.98 Å². The Kier molecular flexibility index (Phi) is 5.93. The Morgan fingerprint density at radius 1 is 1.24 bits per heavy atom. The van der Waals surface area contributed by atoms with Crippen LogP contribution in [0.1, 0.15) is 22.4 Å². The number of para-hydroxylation sites is 1. The lowest BCUT2D eigenvalue weighted by Crippen LogP contribution is -2.23. The second-order valence-corrected chi connectivity index (χ2v) is 10.0. The SMILES string of the molecule is Cc1cc([N+](=O)[O-])ccc1NC(=O)CSc1nc2sc3c(c2c(=O)n1-c1ccccc1)CCC3. The number of carbonyl (C=O) groups is 1. The number of nitro groups is 1. The normalized spacial score (nSPS) is 12.6. The number of amides is 1. The minimum atomic E-state index is -0.473. The number of benzene rings is 2. The predicted molar refractivity (Wildman–Crippen MR) is 134 cm³/mol. The van der Waals surface area contributed by atoms with Crippen LogP contribution in [0.25, 0.3) is 15.9 Å². The molecule has 0 saturated carbocycles. The van der Waals surface area contributed by atoms with Crippen LogP contribution in [-0.4, -0.2) is 26.1 Å². The molecule has 0 aliphatic heterocycles. The highest BCUT2D eigenvalue weighted by Crippen LogP contribution is 2.36. The first-order chi connectivity index (χ1) is 16.4. The molecule has 0 bridgehead atoms. The average molecular weight is 493 g/mol. The van der Waals surface area contributed by atoms with Gasteiger partial charge in [0.05, 0.1) is 21.7 Å². The number of hydrogen-bond donors (Lipinski definition) is 1. The molecule has 4 aromatic rings. The monoisotopic (exact) mass is 492 g/mol. The Hall–Kier alpha value is -3.50. The van der Waals surface area contributed by atoms with Gasteiger partial charge in [-0.1, -0.05) is 30.0 Å². The predicted octanol–water partition coefficient (Wildman–Crippen LogP) is 4.88. The molecule has 2 aromatic carbocycles. The summed E-state index contributed by atoms with van der Waals surface area (Å²) in [7, 11) is 0. The van der Waals surface area contributed by atoms with E-state index in [-0.39, 0.29) is 22.9 Å². The molecule has 0 saturated heterocycles. The summed E-state index contributed by atoms with van der Waals surface area (Å²) in [6.07, 6.45) is 2.92. The van der Waals surface area contributed by atoms with Crippen molar-refractivity contribution in [3.8, 4) is 5.69 Å². The van der Waals surface area contributed by atoms with Gasteiger partial charge in [0.1, 0.15) is 4.83 Å². The zero-order chi connectivity index (χ0) is 23.8. The molecule has 0 radical (unpaired) electrons. The Morgan fingerprint density at radius 2 is 2.03 bits per heavy atom. The van der Waals surface area contributed by atoms with Gasteiger partial charge in [0, 0.05) is 22.7 Å². The van der Waals surface area contributed by atoms with Crippen molar-refractivity contribution in [3.63, 3.8) is 0 Å². The van der Waals surface area contributed by atoms with E-state index in [9.17, 15) is 19.7 Å². The molecule has 172 valence electrons. The van der Waals surface area contributed by atoms with Crippen LogP contribution in [-0.2, 0) is 17.6 Å². The minimum absolute atomic E-state index is 0.0305. The summed E-state index contributed by atoms with van der Waals surface area (Å²) in [4.78, 5) is 43.5. The molecule has 0 fully saturated rings. The molecular weight excluding hydrogens is 472 g/mol. The first-order valence-electron chi connectivity index (χ1n) is 10.7. The van der Waals surface area contributed by atoms with Crippen molar-refractivity contribution >= 4 is 50.6 Å². The lowest BCUT2D eigenvalue weighted by Gasteiger charge is -2.13. The summed E-state index contributed by atoms with van der Waals surface area (Å²) in [6, 6.07) is 13.6. The highest BCUT2D eigenvalue weighted by molar-refractivity contribution is 7.99. The number of aromatic nitrogens is 2. The quantitative estimate of drug-likeness (QED) is 0.178. The molecule has 8 nitrogen and oxygen atoms in total. The maximum absolute atomic E-state index is 13.6. The van der Waals surface area contributed by atoms with Crippen LogP contribution in [0.5, 0.6) is 0 Å². The van der Waals surface area contributed by atoms with E-state index in [2.05, 4.69) is 5.32 Å². The summed E-state index contributed by atoms with van der Waals surface area (Å²) in [6.45, 7) is 1.70. The number of nitrogens with zero attached hydrogens (tertiary/aromatic N) is 3. The van der Waals surface area contributed by atoms with E-state index in [1.54, 1.807) is 22.8 Å². The number of nitro benzene ring substituents is 1. The first-order valence-corrected chi connectivity index (χ1v) is 12.5. The van der Waals surface area contributed by atoms with Gasteiger partial charge in [0.2, 0.25) is 5.91 Å². The van der Waals surface area contributed by atoms with E-state index in [4.69, 9.17) is 4.98 Å². The van der Waals surface area contributed by atoms with Gasteiger partial charge in [-0.05, 0) is 55.5 Å². The van der Waals surface area contributed by atoms with Crippen LogP contribution in [0.2, 0.25) is 0 Å². The molecule has 10 heteroatoms. The molecule has 0 spiro atoms. The van der Waals surface area contributed by atoms with Crippen molar-refractivity contribution < 1.29 is 9.72 Å². The second-order valence-electron chi connectivity index (χ2n) is 8.00. The van der Waals surface area contributed by atoms with Crippen molar-refractivity contribution in [2.75, 3.05) is 11.1 Å². The van der Waals surface area contributed by atoms with Crippen molar-refractivity contribution in [1.29, 1.82) is 0 Å². The highest BCUT2D eigenvalue weighted by Gasteiger charge is 2.24. The number of aryl methyl sites for hydroxylation is 3. The van der Waals surface area contributed by atoms with Gasteiger partial charge in [-0.2, -0.15) is 0 Å². The fourth-order valence-corrected chi connectivity index (χ4v) is 6.26. The van der Waals surface area contributed by atoms with E-state index in [0.717, 1.165) is 29.7 Å². The van der Waals surface area contributed by atoms with E-state index in [0.29, 0.717) is 27.5 Å². The van der Waals surface area contributed by atoms with Gasteiger partial charge in [0.15, 0.2) is 5.16 Å². The molecule has 1 amide bonds. The minimum Gasteiger partial charge on any atom is -0.325 e. The zero-order valence-electron chi connectivity index (χ0n) is 18.2. The molecule has 34 heavy (non-hydrogen) atoms. The summed E-state index contributed by atoms with van der Waals surface area (Å²) in [5, 5.41) is 14.9. The maximum atomic E-state index is 13.6. The van der Waals surface area contributed by atoms with Gasteiger partial charge in [-0.3, -0.25) is 24.3 Å². The lowest BCUT2D eigenvalue weighted by atomic mass is 10.2. The number of fused-ring (bicyclic) bond motifs is 3. The fourth-order valence-electron chi connectivity index (χ4n) is 4.14. The molecule has 1 aliphatic carbocycles. The molecular formula is C24H20N4O4S2. The number of non-ortho nitro benzene ring substituents is 1. The second kappa shape index (κ2) is 9.03. The molecule has 1 aliphatic rings. The molecule has 1 N–H and O–H groups in total. The fraction of sp³-hybridized carbons (Fsp3) is 0.208. The van der Waals surface area contributed by atoms with Gasteiger partial charge in [0.25, 0.3) is 11.2 Å². The van der Waals surface area contributed by atoms with Crippen molar-refractivity contribution in [2.45, 2.75) is 31.3 Å². The number of nitrogens with one attached hydrogen (secondary N) is 1. The van der Waals surface area contributed by atoms with Crippen molar-refractivity contribution in [2.24, 2.45) is 0 Å². The van der Waals surface area contributed by atoms with Crippen LogP contribution in [0.4, 0.5) is 11.4 Å². The van der Waals surface area contributed by atoms with Crippen LogP contribution >= 0.6 is 23.1 Å². The number of thiophene rings is 1. The van der Waals surface area contributed by atoms with Gasteiger partial charge >= 0.3 is 0 Å². The standard InChI is InChI=1S/C24H20N4O4S2/c1-14-12-16(28(31)32)10-11-18(14)25-20(29)13-33-24-26-22-21(17-8-5-9-19(17)34-22)23(30)27(24)15-6-3-2-4-7-15/h2-4,6-7,10-12H,5,8-9,13H2,1H3,(H,25,29). The van der Waals surface area contributed by atoms with Crippen LogP contribution < -0.4 is 10.9 Å². The summed E-state index contributed by atoms with van der Waals surface area (Å²) < 4.78 is 1.59. The number of hydrogen-bond acceptors (Lipinski definition) is 7. The molecule has 2 heterocycles. The van der Waals surface area contributed by atoms with Gasteiger partial charge in [-0.15, -0.1) is 11.3 Å². The third-order valence-electron chi connectivity index (χ3n) is 5.75. The Labute approximate surface area is 202 Å². The first kappa shape index (κ1) is 22.3. The van der Waals surface area contributed by atoms with E-state index in [1.165, 1.54) is 34.8 Å². The molecule has 0 atom stereocenters. The summed E-state index contributed by atoms with van der Waals surface area (Å²) in [5.41, 5.74) is 2.79. The Morgan fingerprint density at radius 3 is 2.76 bits per heavy atom. The zero-order valence-corrected chi connectivity index (χ0v) is 19.9. The molecule has 5 rings (SSSR count). The number of anilines is 1. The number of rotatable bonds is 6. The van der Waals surface area contributed by atoms with E-state index < -0.39 is 4.92 Å². The van der Waals surface area contributed by atoms with Crippen LogP contribution in [0.15, 0.2) is 58.5 Å². The van der Waals surface area contributed by atoms with E-state index in [1.807, 2.05) is 30.3 Å². The lowest BCUT2D eigenvalue weighted by molar-refractivity contribution is -0.384. The third kappa shape index (κ3) is 4.10. The number of thioether (sulfide) groups is 1. The smallest absolute Gasteiger partial charge is 0.269 e. The van der Waals surface area contributed by atoms with Crippen LogP contribution in [0.3, 0.4) is 0 Å². The summed E-state index contributed by atoms with van der Waals surface area (Å²) >= 11 is 2.76. The van der Waals surface area contributed by atoms with Crippen LogP contribution in [0, 0.1) is 17.0 Å². The Balaban J connectivity index is 1.45. The Bertz CT molecular complexity index is 1490. The molecule has 2 aromatic heterocycles. The van der Waals surface area contributed by atoms with E-state index >= 15 is 0 Å². The van der Waals surface area contributed by atoms with Crippen molar-refractivity contribution in [1.82, 2.24) is 9.55 Å².